The Balaban J connectivity index is 1.48. The first kappa shape index (κ1) is 22.1. The molecule has 0 aliphatic carbocycles. The van der Waals surface area contributed by atoms with Gasteiger partial charge in [0.05, 0.1) is 48.4 Å². The smallest absolute Gasteiger partial charge is 0.274 e. The summed E-state index contributed by atoms with van der Waals surface area (Å²) in [5.41, 5.74) is 1.85. The Morgan fingerprint density at radius 2 is 1.82 bits per heavy atom. The zero-order chi connectivity index (χ0) is 23.5. The Hall–Kier alpha value is -3.67. The summed E-state index contributed by atoms with van der Waals surface area (Å²) in [6, 6.07) is 16.0. The fourth-order valence-corrected chi connectivity index (χ4v) is 4.41. The van der Waals surface area contributed by atoms with Crippen LogP contribution in [0.5, 0.6) is 0 Å². The van der Waals surface area contributed by atoms with Crippen molar-refractivity contribution < 1.29 is 9.13 Å². The number of ether oxygens (including phenoxy) is 1. The van der Waals surface area contributed by atoms with Crippen LogP contribution in [-0.4, -0.2) is 59.5 Å². The zero-order valence-corrected chi connectivity index (χ0v) is 18.7. The Kier molecular flexibility index (Phi) is 6.30. The number of morpholine rings is 1. The molecular formula is C26H24FN5O2. The average Bonchev–Trinajstić information content (AvgIpc) is 2.87. The molecule has 7 nitrogen and oxygen atoms in total. The number of halogens is 1. The van der Waals surface area contributed by atoms with Crippen LogP contribution in [-0.2, 0) is 11.3 Å². The van der Waals surface area contributed by atoms with Gasteiger partial charge in [0, 0.05) is 25.0 Å². The molecule has 2 aliphatic rings. The molecule has 3 aromatic rings. The van der Waals surface area contributed by atoms with Gasteiger partial charge in [-0.1, -0.05) is 36.4 Å². The van der Waals surface area contributed by atoms with E-state index in [1.54, 1.807) is 42.5 Å². The van der Waals surface area contributed by atoms with Crippen molar-refractivity contribution in [2.75, 3.05) is 32.8 Å². The maximum absolute atomic E-state index is 15.3. The minimum atomic E-state index is -0.550. The Bertz CT molecular complexity index is 1360. The highest BCUT2D eigenvalue weighted by Gasteiger charge is 2.25. The molecule has 0 N–H and O–H groups in total. The third kappa shape index (κ3) is 4.53. The number of allylic oxidation sites excluding steroid dienone is 1. The van der Waals surface area contributed by atoms with Crippen LogP contribution in [0.15, 0.2) is 64.4 Å². The summed E-state index contributed by atoms with van der Waals surface area (Å²) in [6.07, 6.45) is 2.45. The second-order valence-corrected chi connectivity index (χ2v) is 8.51. The molecule has 1 unspecified atom stereocenters. The molecule has 5 rings (SSSR count). The number of nitriles is 1. The number of dihydropyridines is 1. The SMILES string of the molecule is N#Cc1ccc(Cn2nc(C3=CCC(CN4CCOCC4)N=C3F)c3ccccc3c2=O)cc1. The fourth-order valence-electron chi connectivity index (χ4n) is 4.41. The van der Waals surface area contributed by atoms with Gasteiger partial charge >= 0.3 is 0 Å². The van der Waals surface area contributed by atoms with Crippen LogP contribution in [0.25, 0.3) is 16.3 Å². The minimum Gasteiger partial charge on any atom is -0.379 e. The predicted molar refractivity (Wildman–Crippen MR) is 128 cm³/mol. The van der Waals surface area contributed by atoms with Crippen LogP contribution in [0.1, 0.15) is 23.2 Å². The summed E-state index contributed by atoms with van der Waals surface area (Å²) in [5.74, 6) is -0.550. The van der Waals surface area contributed by atoms with Gasteiger partial charge in [-0.25, -0.2) is 4.68 Å². The second kappa shape index (κ2) is 9.67. The Labute approximate surface area is 196 Å². The molecule has 8 heteroatoms. The van der Waals surface area contributed by atoms with E-state index in [1.165, 1.54) is 4.68 Å². The Morgan fingerprint density at radius 3 is 2.53 bits per heavy atom. The highest BCUT2D eigenvalue weighted by Crippen LogP contribution is 2.27. The molecule has 0 bridgehead atoms. The number of nitrogens with zero attached hydrogens (tertiary/aromatic N) is 5. The van der Waals surface area contributed by atoms with E-state index >= 15 is 4.39 Å². The van der Waals surface area contributed by atoms with Crippen molar-refractivity contribution in [2.24, 2.45) is 4.99 Å². The van der Waals surface area contributed by atoms with E-state index in [9.17, 15) is 4.79 Å². The van der Waals surface area contributed by atoms with Crippen molar-refractivity contribution in [3.05, 3.63) is 81.8 Å². The molecule has 2 aliphatic heterocycles. The molecule has 0 radical (unpaired) electrons. The molecule has 1 fully saturated rings. The molecule has 1 aromatic heterocycles. The lowest BCUT2D eigenvalue weighted by Gasteiger charge is -2.29. The van der Waals surface area contributed by atoms with Crippen molar-refractivity contribution >= 4 is 22.3 Å². The number of hydrogen-bond acceptors (Lipinski definition) is 6. The summed E-state index contributed by atoms with van der Waals surface area (Å²) in [7, 11) is 0. The van der Waals surface area contributed by atoms with Gasteiger partial charge in [0.15, 0.2) is 0 Å². The number of hydrogen-bond donors (Lipinski definition) is 0. The van der Waals surface area contributed by atoms with Crippen LogP contribution < -0.4 is 5.56 Å². The van der Waals surface area contributed by atoms with Crippen molar-refractivity contribution in [1.29, 1.82) is 5.26 Å². The fraction of sp³-hybridized carbons (Fsp3) is 0.308. The standard InChI is InChI=1S/C26H24FN5O2/c27-25-23(10-9-20(29-25)17-31-11-13-34-14-12-31)24-21-3-1-2-4-22(21)26(33)32(30-24)16-19-7-5-18(15-28)6-8-19/h1-8,10,20H,9,11-14,16-17H2. The number of benzene rings is 2. The normalized spacial score (nSPS) is 18.9. The largest absolute Gasteiger partial charge is 0.379 e. The summed E-state index contributed by atoms with van der Waals surface area (Å²) in [6.45, 7) is 3.95. The lowest BCUT2D eigenvalue weighted by atomic mass is 10.0. The van der Waals surface area contributed by atoms with Gasteiger partial charge in [0.2, 0.25) is 5.97 Å². The third-order valence-corrected chi connectivity index (χ3v) is 6.22. The first-order chi connectivity index (χ1) is 16.6. The summed E-state index contributed by atoms with van der Waals surface area (Å²) >= 11 is 0. The molecule has 1 saturated heterocycles. The van der Waals surface area contributed by atoms with E-state index in [0.717, 1.165) is 18.7 Å². The zero-order valence-electron chi connectivity index (χ0n) is 18.7. The van der Waals surface area contributed by atoms with E-state index in [2.05, 4.69) is 21.1 Å². The summed E-state index contributed by atoms with van der Waals surface area (Å²) < 4.78 is 22.0. The van der Waals surface area contributed by atoms with E-state index in [4.69, 9.17) is 10.00 Å². The number of aromatic nitrogens is 2. The van der Waals surface area contributed by atoms with Crippen LogP contribution in [0, 0.1) is 11.3 Å². The first-order valence-electron chi connectivity index (χ1n) is 11.4. The Morgan fingerprint density at radius 1 is 1.09 bits per heavy atom. The highest BCUT2D eigenvalue weighted by molar-refractivity contribution is 6.21. The first-order valence-corrected chi connectivity index (χ1v) is 11.4. The van der Waals surface area contributed by atoms with Gasteiger partial charge in [-0.3, -0.25) is 14.7 Å². The summed E-state index contributed by atoms with van der Waals surface area (Å²) in [4.78, 5) is 19.7. The minimum absolute atomic E-state index is 0.155. The van der Waals surface area contributed by atoms with Crippen LogP contribution in [0.2, 0.25) is 0 Å². The number of fused-ring (bicyclic) bond motifs is 1. The molecule has 1 atom stereocenters. The van der Waals surface area contributed by atoms with E-state index in [-0.39, 0.29) is 18.1 Å². The quantitative estimate of drug-likeness (QED) is 0.588. The van der Waals surface area contributed by atoms with Gasteiger partial charge in [0.25, 0.3) is 5.56 Å². The second-order valence-electron chi connectivity index (χ2n) is 8.51. The monoisotopic (exact) mass is 457 g/mol. The van der Waals surface area contributed by atoms with Crippen LogP contribution in [0.4, 0.5) is 4.39 Å². The van der Waals surface area contributed by atoms with Crippen molar-refractivity contribution in [1.82, 2.24) is 14.7 Å². The lowest BCUT2D eigenvalue weighted by Crippen LogP contribution is -2.41. The highest BCUT2D eigenvalue weighted by atomic mass is 19.1. The van der Waals surface area contributed by atoms with Gasteiger partial charge in [-0.15, -0.1) is 0 Å². The topological polar surface area (TPSA) is 83.5 Å². The molecule has 3 heterocycles. The molecule has 0 amide bonds. The molecule has 2 aromatic carbocycles. The van der Waals surface area contributed by atoms with Gasteiger partial charge < -0.3 is 4.74 Å². The molecule has 0 spiro atoms. The van der Waals surface area contributed by atoms with Gasteiger partial charge in [-0.2, -0.15) is 14.8 Å². The van der Waals surface area contributed by atoms with Crippen molar-refractivity contribution in [3.8, 4) is 6.07 Å². The maximum Gasteiger partial charge on any atom is 0.274 e. The maximum atomic E-state index is 15.3. The van der Waals surface area contributed by atoms with Gasteiger partial charge in [-0.05, 0) is 30.2 Å². The predicted octanol–water partition coefficient (Wildman–Crippen LogP) is 3.17. The van der Waals surface area contributed by atoms with Crippen LogP contribution in [0.3, 0.4) is 0 Å². The van der Waals surface area contributed by atoms with E-state index in [1.807, 2.05) is 12.1 Å². The molecular weight excluding hydrogens is 433 g/mol. The molecule has 0 saturated carbocycles. The van der Waals surface area contributed by atoms with Crippen LogP contribution >= 0.6 is 0 Å². The van der Waals surface area contributed by atoms with Gasteiger partial charge in [0.1, 0.15) is 5.69 Å². The third-order valence-electron chi connectivity index (χ3n) is 6.22. The lowest BCUT2D eigenvalue weighted by molar-refractivity contribution is 0.0355. The molecule has 172 valence electrons. The number of aliphatic imine (C=N–C) groups is 1. The molecule has 34 heavy (non-hydrogen) atoms. The number of rotatable bonds is 5. The van der Waals surface area contributed by atoms with Crippen molar-refractivity contribution in [2.45, 2.75) is 19.0 Å². The summed E-state index contributed by atoms with van der Waals surface area (Å²) in [5, 5.41) is 14.7. The van der Waals surface area contributed by atoms with E-state index in [0.29, 0.717) is 53.8 Å². The van der Waals surface area contributed by atoms with Crippen molar-refractivity contribution in [3.63, 3.8) is 0 Å². The average molecular weight is 458 g/mol. The van der Waals surface area contributed by atoms with E-state index < -0.39 is 5.97 Å².